The summed E-state index contributed by atoms with van der Waals surface area (Å²) in [5.74, 6) is -2.14. The second kappa shape index (κ2) is 10.8. The van der Waals surface area contributed by atoms with Crippen molar-refractivity contribution in [3.05, 3.63) is 99.5 Å². The van der Waals surface area contributed by atoms with Crippen molar-refractivity contribution in [3.8, 4) is 0 Å². The lowest BCUT2D eigenvalue weighted by Gasteiger charge is -2.46. The molecule has 0 radical (unpaired) electrons. The zero-order valence-corrected chi connectivity index (χ0v) is 24.2. The first-order valence-corrected chi connectivity index (χ1v) is 15.7. The van der Waals surface area contributed by atoms with Gasteiger partial charge in [0.2, 0.25) is 15.9 Å². The smallest absolute Gasteiger partial charge is 0.249 e. The fourth-order valence-corrected chi connectivity index (χ4v) is 7.93. The van der Waals surface area contributed by atoms with Gasteiger partial charge in [0.25, 0.3) is 0 Å². The fourth-order valence-electron chi connectivity index (χ4n) is 5.89. The molecule has 2 saturated carbocycles. The van der Waals surface area contributed by atoms with Crippen molar-refractivity contribution in [1.29, 1.82) is 0 Å². The molecule has 3 aromatic rings. The molecule has 3 fully saturated rings. The van der Waals surface area contributed by atoms with E-state index >= 15 is 0 Å². The molecule has 0 unspecified atom stereocenters. The lowest BCUT2D eigenvalue weighted by molar-refractivity contribution is -0.164. The molecule has 0 bridgehead atoms. The number of rotatable bonds is 9. The van der Waals surface area contributed by atoms with E-state index < -0.39 is 50.3 Å². The minimum absolute atomic E-state index is 0.0877. The number of nitrogens with one attached hydrogen (secondary N) is 1. The van der Waals surface area contributed by atoms with E-state index in [0.717, 1.165) is 36.1 Å². The number of anilines is 1. The molecule has 3 aromatic carbocycles. The van der Waals surface area contributed by atoms with Gasteiger partial charge in [-0.15, -0.1) is 0 Å². The molecule has 1 heterocycles. The van der Waals surface area contributed by atoms with Gasteiger partial charge in [0, 0.05) is 16.1 Å². The number of hydrogen-bond acceptors (Lipinski definition) is 4. The topological polar surface area (TPSA) is 75.7 Å². The van der Waals surface area contributed by atoms with Gasteiger partial charge >= 0.3 is 0 Å². The van der Waals surface area contributed by atoms with E-state index in [9.17, 15) is 22.0 Å². The Morgan fingerprint density at radius 1 is 0.951 bits per heavy atom. The van der Waals surface area contributed by atoms with E-state index in [1.165, 1.54) is 6.07 Å². The third-order valence-corrected chi connectivity index (χ3v) is 11.0. The van der Waals surface area contributed by atoms with Crippen LogP contribution in [-0.4, -0.2) is 36.6 Å². The summed E-state index contributed by atoms with van der Waals surface area (Å²) in [5.41, 5.74) is 0.886. The highest BCUT2D eigenvalue weighted by Crippen LogP contribution is 2.54. The average Bonchev–Trinajstić information content (AvgIpc) is 3.85. The van der Waals surface area contributed by atoms with Gasteiger partial charge in [0.05, 0.1) is 10.8 Å². The van der Waals surface area contributed by atoms with Crippen LogP contribution in [0.4, 0.5) is 14.5 Å². The molecule has 1 saturated heterocycles. The van der Waals surface area contributed by atoms with E-state index in [2.05, 4.69) is 4.72 Å². The standard InChI is InChI=1S/C30H28Cl2F2N2O4S/c31-21-11-9-19(10-12-21)28-29(20-3-1-4-22(32)15-20)40-17-26(37)36(28)25(18-7-8-18)16-30(13-14-30)41(38,39)35-27-23(33)5-2-6-24(27)34/h1-6,9-12,15,18,25,28-29,35H,7-8,13-14,16-17H2/t25-,28+,29+/m0/s1. The number of halogens is 4. The maximum absolute atomic E-state index is 14.4. The molecular weight excluding hydrogens is 593 g/mol. The largest absolute Gasteiger partial charge is 0.361 e. The highest BCUT2D eigenvalue weighted by Gasteiger charge is 2.59. The number of carbonyl (C=O) groups excluding carboxylic acids is 1. The number of benzene rings is 3. The van der Waals surface area contributed by atoms with Gasteiger partial charge in [0.1, 0.15) is 30.0 Å². The molecule has 11 heteroatoms. The number of ether oxygens (including phenoxy) is 1. The lowest BCUT2D eigenvalue weighted by atomic mass is 9.89. The van der Waals surface area contributed by atoms with E-state index in [0.29, 0.717) is 22.9 Å². The Labute approximate surface area is 247 Å². The quantitative estimate of drug-likeness (QED) is 0.278. The molecule has 2 aliphatic carbocycles. The molecule has 216 valence electrons. The van der Waals surface area contributed by atoms with Crippen LogP contribution in [0, 0.1) is 17.6 Å². The first-order valence-electron chi connectivity index (χ1n) is 13.5. The maximum atomic E-state index is 14.4. The predicted molar refractivity (Wildman–Crippen MR) is 153 cm³/mol. The Hall–Kier alpha value is -2.72. The Balaban J connectivity index is 1.38. The highest BCUT2D eigenvalue weighted by atomic mass is 35.5. The molecular formula is C30H28Cl2F2N2O4S. The van der Waals surface area contributed by atoms with E-state index in [1.807, 2.05) is 24.3 Å². The van der Waals surface area contributed by atoms with E-state index in [1.54, 1.807) is 29.2 Å². The first-order chi connectivity index (χ1) is 19.6. The zero-order valence-electron chi connectivity index (χ0n) is 21.9. The van der Waals surface area contributed by atoms with Gasteiger partial charge in [-0.25, -0.2) is 17.2 Å². The predicted octanol–water partition coefficient (Wildman–Crippen LogP) is 7.06. The van der Waals surface area contributed by atoms with E-state index in [-0.39, 0.29) is 24.9 Å². The summed E-state index contributed by atoms with van der Waals surface area (Å²) in [6.45, 7) is -0.178. The van der Waals surface area contributed by atoms with Gasteiger partial charge in [-0.3, -0.25) is 9.52 Å². The van der Waals surface area contributed by atoms with Crippen molar-refractivity contribution >= 4 is 44.8 Å². The molecule has 41 heavy (non-hydrogen) atoms. The zero-order chi connectivity index (χ0) is 28.9. The Morgan fingerprint density at radius 2 is 1.61 bits per heavy atom. The van der Waals surface area contributed by atoms with Gasteiger partial charge in [-0.2, -0.15) is 0 Å². The lowest BCUT2D eigenvalue weighted by Crippen LogP contribution is -2.53. The molecule has 1 N–H and O–H groups in total. The van der Waals surface area contributed by atoms with E-state index in [4.69, 9.17) is 27.9 Å². The van der Waals surface area contributed by atoms with Crippen molar-refractivity contribution < 1.29 is 26.7 Å². The number of carbonyl (C=O) groups is 1. The first kappa shape index (κ1) is 28.4. The van der Waals surface area contributed by atoms with Crippen molar-refractivity contribution in [2.24, 2.45) is 5.92 Å². The third kappa shape index (κ3) is 5.57. The van der Waals surface area contributed by atoms with Crippen LogP contribution in [0.3, 0.4) is 0 Å². The van der Waals surface area contributed by atoms with Crippen LogP contribution in [0.15, 0.2) is 66.7 Å². The Bertz CT molecular complexity index is 1560. The summed E-state index contributed by atoms with van der Waals surface area (Å²) in [5, 5.41) is 1.06. The summed E-state index contributed by atoms with van der Waals surface area (Å²) < 4.78 is 63.1. The molecule has 0 aromatic heterocycles. The SMILES string of the molecule is O=C1CO[C@H](c2cccc(Cl)c2)[C@@H](c2ccc(Cl)cc2)N1[C@@H](CC1(S(=O)(=O)Nc2c(F)cccc2F)CC1)C1CC1. The number of amides is 1. The molecule has 1 aliphatic heterocycles. The van der Waals surface area contributed by atoms with Gasteiger partial charge in [0.15, 0.2) is 0 Å². The summed E-state index contributed by atoms with van der Waals surface area (Å²) in [4.78, 5) is 15.5. The van der Waals surface area contributed by atoms with Crippen LogP contribution < -0.4 is 4.72 Å². The minimum atomic E-state index is -4.20. The average molecular weight is 622 g/mol. The maximum Gasteiger partial charge on any atom is 0.249 e. The minimum Gasteiger partial charge on any atom is -0.361 e. The van der Waals surface area contributed by atoms with Crippen LogP contribution in [-0.2, 0) is 19.6 Å². The highest BCUT2D eigenvalue weighted by molar-refractivity contribution is 7.94. The second-order valence-corrected chi connectivity index (χ2v) is 14.0. The molecule has 1 amide bonds. The summed E-state index contributed by atoms with van der Waals surface area (Å²) in [7, 11) is -4.20. The van der Waals surface area contributed by atoms with Crippen molar-refractivity contribution in [1.82, 2.24) is 4.90 Å². The van der Waals surface area contributed by atoms with Gasteiger partial charge in [-0.05, 0) is 85.5 Å². The molecule has 6 rings (SSSR count). The molecule has 6 nitrogen and oxygen atoms in total. The van der Waals surface area contributed by atoms with Crippen LogP contribution in [0.25, 0.3) is 0 Å². The molecule has 3 aliphatic rings. The van der Waals surface area contributed by atoms with Gasteiger partial charge < -0.3 is 9.64 Å². The Kier molecular flexibility index (Phi) is 7.51. The van der Waals surface area contributed by atoms with Gasteiger partial charge in [-0.1, -0.05) is 53.5 Å². The number of hydrogen-bond donors (Lipinski definition) is 1. The van der Waals surface area contributed by atoms with Crippen molar-refractivity contribution in [2.75, 3.05) is 11.3 Å². The Morgan fingerprint density at radius 3 is 2.22 bits per heavy atom. The number of nitrogens with zero attached hydrogens (tertiary/aromatic N) is 1. The molecule has 0 spiro atoms. The summed E-state index contributed by atoms with van der Waals surface area (Å²) in [6.07, 6.45) is 1.91. The van der Waals surface area contributed by atoms with Crippen LogP contribution in [0.1, 0.15) is 55.4 Å². The normalized spacial score (nSPS) is 22.8. The second-order valence-electron chi connectivity index (χ2n) is 11.1. The van der Waals surface area contributed by atoms with Crippen molar-refractivity contribution in [2.45, 2.75) is 55.0 Å². The van der Waals surface area contributed by atoms with Crippen molar-refractivity contribution in [3.63, 3.8) is 0 Å². The van der Waals surface area contributed by atoms with Crippen LogP contribution in [0.2, 0.25) is 10.0 Å². The molecule has 3 atom stereocenters. The van der Waals surface area contributed by atoms with Crippen LogP contribution in [0.5, 0.6) is 0 Å². The summed E-state index contributed by atoms with van der Waals surface area (Å²) >= 11 is 12.5. The number of para-hydroxylation sites is 1. The summed E-state index contributed by atoms with van der Waals surface area (Å²) in [6, 6.07) is 16.6. The third-order valence-electron chi connectivity index (χ3n) is 8.33. The number of sulfonamides is 1. The monoisotopic (exact) mass is 620 g/mol. The fraction of sp³-hybridized carbons (Fsp3) is 0.367. The van der Waals surface area contributed by atoms with Crippen LogP contribution >= 0.6 is 23.2 Å². The number of morpholine rings is 1.